The summed E-state index contributed by atoms with van der Waals surface area (Å²) >= 11 is 0. The van der Waals surface area contributed by atoms with Gasteiger partial charge in [-0.15, -0.1) is 0 Å². The summed E-state index contributed by atoms with van der Waals surface area (Å²) in [7, 11) is 3.07. The summed E-state index contributed by atoms with van der Waals surface area (Å²) in [6, 6.07) is 16.5. The van der Waals surface area contributed by atoms with Crippen LogP contribution in [0.1, 0.15) is 39.1 Å². The van der Waals surface area contributed by atoms with Gasteiger partial charge >= 0.3 is 0 Å². The molecule has 0 fully saturated rings. The van der Waals surface area contributed by atoms with Crippen LogP contribution >= 0.6 is 0 Å². The van der Waals surface area contributed by atoms with E-state index in [-0.39, 0.29) is 24.1 Å². The second-order valence-electron chi connectivity index (χ2n) is 7.07. The molecule has 3 aromatic rings. The average molecular weight is 437 g/mol. The van der Waals surface area contributed by atoms with Gasteiger partial charge in [-0.05, 0) is 37.1 Å². The Hall–Kier alpha value is -3.81. The van der Waals surface area contributed by atoms with Crippen molar-refractivity contribution in [1.29, 1.82) is 0 Å². The number of amides is 2. The molecule has 8 nitrogen and oxygen atoms in total. The molecule has 0 saturated heterocycles. The Morgan fingerprint density at radius 3 is 2.47 bits per heavy atom. The molecule has 0 saturated carbocycles. The minimum absolute atomic E-state index is 0.173. The minimum atomic E-state index is -0.315. The SMILES string of the molecule is CCNC(=O)c1cc(CN(CCc2ccccc2)C(=O)c2ccc(OC)c(OC)c2)on1. The monoisotopic (exact) mass is 437 g/mol. The van der Waals surface area contributed by atoms with E-state index >= 15 is 0 Å². The molecule has 32 heavy (non-hydrogen) atoms. The van der Waals surface area contributed by atoms with E-state index in [1.807, 2.05) is 37.3 Å². The molecule has 1 heterocycles. The van der Waals surface area contributed by atoms with Crippen LogP contribution < -0.4 is 14.8 Å². The van der Waals surface area contributed by atoms with Crippen LogP contribution in [0, 0.1) is 0 Å². The molecule has 0 atom stereocenters. The molecule has 0 bridgehead atoms. The molecule has 0 aliphatic heterocycles. The van der Waals surface area contributed by atoms with Crippen molar-refractivity contribution >= 4 is 11.8 Å². The quantitative estimate of drug-likeness (QED) is 0.523. The lowest BCUT2D eigenvalue weighted by molar-refractivity contribution is 0.0728. The molecular formula is C24H27N3O5. The maximum Gasteiger partial charge on any atom is 0.273 e. The van der Waals surface area contributed by atoms with Crippen LogP contribution in [0.25, 0.3) is 0 Å². The summed E-state index contributed by atoms with van der Waals surface area (Å²) in [5, 5.41) is 6.51. The van der Waals surface area contributed by atoms with Crippen molar-refractivity contribution in [3.8, 4) is 11.5 Å². The number of hydrogen-bond donors (Lipinski definition) is 1. The van der Waals surface area contributed by atoms with E-state index in [0.29, 0.717) is 42.3 Å². The average Bonchev–Trinajstić information content (AvgIpc) is 3.30. The summed E-state index contributed by atoms with van der Waals surface area (Å²) in [5.41, 5.74) is 1.75. The first-order valence-electron chi connectivity index (χ1n) is 10.3. The highest BCUT2D eigenvalue weighted by Gasteiger charge is 2.21. The maximum atomic E-state index is 13.4. The fourth-order valence-electron chi connectivity index (χ4n) is 3.25. The number of nitrogens with one attached hydrogen (secondary N) is 1. The van der Waals surface area contributed by atoms with E-state index in [9.17, 15) is 9.59 Å². The number of carbonyl (C=O) groups is 2. The summed E-state index contributed by atoms with van der Waals surface area (Å²) in [4.78, 5) is 27.0. The minimum Gasteiger partial charge on any atom is -0.493 e. The Kier molecular flexibility index (Phi) is 7.85. The van der Waals surface area contributed by atoms with Crippen LogP contribution in [-0.2, 0) is 13.0 Å². The van der Waals surface area contributed by atoms with Crippen molar-refractivity contribution in [2.75, 3.05) is 27.3 Å². The zero-order valence-electron chi connectivity index (χ0n) is 18.5. The summed E-state index contributed by atoms with van der Waals surface area (Å²) in [6.45, 7) is 2.94. The number of benzene rings is 2. The maximum absolute atomic E-state index is 13.4. The first kappa shape index (κ1) is 22.9. The Labute approximate surface area is 187 Å². The van der Waals surface area contributed by atoms with Crippen LogP contribution in [0.15, 0.2) is 59.1 Å². The second-order valence-corrected chi connectivity index (χ2v) is 7.07. The fraction of sp³-hybridized carbons (Fsp3) is 0.292. The van der Waals surface area contributed by atoms with Crippen molar-refractivity contribution < 1.29 is 23.6 Å². The number of aromatic nitrogens is 1. The molecule has 2 aromatic carbocycles. The highest BCUT2D eigenvalue weighted by molar-refractivity contribution is 5.95. The molecule has 168 valence electrons. The Morgan fingerprint density at radius 2 is 1.78 bits per heavy atom. The van der Waals surface area contributed by atoms with E-state index in [1.165, 1.54) is 7.11 Å². The third-order valence-electron chi connectivity index (χ3n) is 4.91. The third kappa shape index (κ3) is 5.66. The Balaban J connectivity index is 1.83. The molecule has 2 amide bonds. The van der Waals surface area contributed by atoms with Crippen LogP contribution in [0.4, 0.5) is 0 Å². The van der Waals surface area contributed by atoms with Crippen molar-refractivity contribution in [1.82, 2.24) is 15.4 Å². The molecule has 0 aliphatic rings. The summed E-state index contributed by atoms with van der Waals surface area (Å²) in [6.07, 6.45) is 0.664. The lowest BCUT2D eigenvalue weighted by Gasteiger charge is -2.22. The van der Waals surface area contributed by atoms with Gasteiger partial charge in [-0.2, -0.15) is 0 Å². The Bertz CT molecular complexity index is 1050. The summed E-state index contributed by atoms with van der Waals surface area (Å²) < 4.78 is 15.9. The number of rotatable bonds is 10. The van der Waals surface area contributed by atoms with Gasteiger partial charge in [0.25, 0.3) is 11.8 Å². The van der Waals surface area contributed by atoms with Crippen molar-refractivity contribution in [2.24, 2.45) is 0 Å². The highest BCUT2D eigenvalue weighted by Crippen LogP contribution is 2.28. The number of ether oxygens (including phenoxy) is 2. The molecule has 1 N–H and O–H groups in total. The molecule has 0 spiro atoms. The van der Waals surface area contributed by atoms with Gasteiger partial charge in [-0.1, -0.05) is 35.5 Å². The van der Waals surface area contributed by atoms with E-state index in [4.69, 9.17) is 14.0 Å². The summed E-state index contributed by atoms with van der Waals surface area (Å²) in [5.74, 6) is 0.928. The van der Waals surface area contributed by atoms with E-state index in [2.05, 4.69) is 10.5 Å². The topological polar surface area (TPSA) is 93.9 Å². The van der Waals surface area contributed by atoms with Gasteiger partial charge in [0.05, 0.1) is 20.8 Å². The predicted molar refractivity (Wildman–Crippen MR) is 119 cm³/mol. The first-order chi connectivity index (χ1) is 15.5. The number of hydrogen-bond acceptors (Lipinski definition) is 6. The normalized spacial score (nSPS) is 10.5. The number of methoxy groups -OCH3 is 2. The van der Waals surface area contributed by atoms with Crippen LogP contribution in [0.2, 0.25) is 0 Å². The van der Waals surface area contributed by atoms with Crippen LogP contribution in [0.5, 0.6) is 11.5 Å². The smallest absolute Gasteiger partial charge is 0.273 e. The number of carbonyl (C=O) groups excluding carboxylic acids is 2. The molecule has 0 unspecified atom stereocenters. The lowest BCUT2D eigenvalue weighted by atomic mass is 10.1. The van der Waals surface area contributed by atoms with E-state index in [1.54, 1.807) is 36.3 Å². The lowest BCUT2D eigenvalue weighted by Crippen LogP contribution is -2.32. The molecule has 8 heteroatoms. The Morgan fingerprint density at radius 1 is 1.03 bits per heavy atom. The van der Waals surface area contributed by atoms with Gasteiger partial charge in [0, 0.05) is 24.7 Å². The van der Waals surface area contributed by atoms with Gasteiger partial charge in [0.1, 0.15) is 0 Å². The third-order valence-corrected chi connectivity index (χ3v) is 4.91. The van der Waals surface area contributed by atoms with Crippen molar-refractivity contribution in [2.45, 2.75) is 19.9 Å². The first-order valence-corrected chi connectivity index (χ1v) is 10.3. The largest absolute Gasteiger partial charge is 0.493 e. The van der Waals surface area contributed by atoms with Crippen molar-refractivity contribution in [3.63, 3.8) is 0 Å². The van der Waals surface area contributed by atoms with Crippen LogP contribution in [-0.4, -0.2) is 49.2 Å². The van der Waals surface area contributed by atoms with Crippen LogP contribution in [0.3, 0.4) is 0 Å². The molecule has 0 radical (unpaired) electrons. The fourth-order valence-corrected chi connectivity index (χ4v) is 3.25. The standard InChI is InChI=1S/C24H27N3O5/c1-4-25-23(28)20-15-19(32-26-20)16-27(13-12-17-8-6-5-7-9-17)24(29)18-10-11-21(30-2)22(14-18)31-3/h5-11,14-15H,4,12-13,16H2,1-3H3,(H,25,28). The second kappa shape index (κ2) is 11.0. The van der Waals surface area contributed by atoms with Gasteiger partial charge in [0.2, 0.25) is 0 Å². The molecule has 3 rings (SSSR count). The van der Waals surface area contributed by atoms with Gasteiger partial charge in [0.15, 0.2) is 23.0 Å². The molecule has 0 aliphatic carbocycles. The van der Waals surface area contributed by atoms with Gasteiger partial charge in [-0.3, -0.25) is 9.59 Å². The predicted octanol–water partition coefficient (Wildman–Crippen LogP) is 3.33. The van der Waals surface area contributed by atoms with Crippen molar-refractivity contribution in [3.05, 3.63) is 77.2 Å². The van der Waals surface area contributed by atoms with Gasteiger partial charge in [-0.25, -0.2) is 0 Å². The molecule has 1 aromatic heterocycles. The van der Waals surface area contributed by atoms with E-state index < -0.39 is 0 Å². The zero-order chi connectivity index (χ0) is 22.9. The van der Waals surface area contributed by atoms with Gasteiger partial charge < -0.3 is 24.2 Å². The molecular weight excluding hydrogens is 410 g/mol. The zero-order valence-corrected chi connectivity index (χ0v) is 18.5. The van der Waals surface area contributed by atoms with E-state index in [0.717, 1.165) is 5.56 Å². The number of nitrogens with zero attached hydrogens (tertiary/aromatic N) is 2. The highest BCUT2D eigenvalue weighted by atomic mass is 16.5.